The fourth-order valence-corrected chi connectivity index (χ4v) is 2.64. The van der Waals surface area contributed by atoms with Crippen LogP contribution in [0.15, 0.2) is 36.1 Å². The maximum absolute atomic E-state index is 13.2. The molecule has 2 atom stereocenters. The van der Waals surface area contributed by atoms with Crippen molar-refractivity contribution in [2.45, 2.75) is 31.5 Å². The Bertz CT molecular complexity index is 590. The van der Waals surface area contributed by atoms with Gasteiger partial charge in [-0.1, -0.05) is 12.1 Å². The van der Waals surface area contributed by atoms with Gasteiger partial charge >= 0.3 is 0 Å². The quantitative estimate of drug-likeness (QED) is 0.619. The van der Waals surface area contributed by atoms with E-state index < -0.39 is 6.29 Å². The zero-order chi connectivity index (χ0) is 18.8. The molecule has 1 aliphatic rings. The zero-order valence-electron chi connectivity index (χ0n) is 14.9. The van der Waals surface area contributed by atoms with E-state index in [4.69, 9.17) is 19.3 Å². The van der Waals surface area contributed by atoms with Gasteiger partial charge in [0.2, 0.25) is 6.29 Å². The van der Waals surface area contributed by atoms with Crippen molar-refractivity contribution in [2.75, 3.05) is 33.5 Å². The van der Waals surface area contributed by atoms with Crippen LogP contribution in [-0.4, -0.2) is 50.8 Å². The molecule has 2 N–H and O–H groups in total. The van der Waals surface area contributed by atoms with E-state index in [-0.39, 0.29) is 30.0 Å². The maximum atomic E-state index is 13.2. The lowest BCUT2D eigenvalue weighted by Crippen LogP contribution is -2.34. The van der Waals surface area contributed by atoms with Gasteiger partial charge in [0.05, 0.1) is 13.2 Å². The number of unbranched alkanes of at least 4 members (excludes halogenated alkanes) is 1. The smallest absolute Gasteiger partial charge is 0.286 e. The molecule has 0 unspecified atom stereocenters. The van der Waals surface area contributed by atoms with Gasteiger partial charge in [0.1, 0.15) is 5.82 Å². The van der Waals surface area contributed by atoms with E-state index in [9.17, 15) is 9.18 Å². The third-order valence-corrected chi connectivity index (χ3v) is 4.03. The van der Waals surface area contributed by atoms with Crippen molar-refractivity contribution >= 4 is 5.91 Å². The van der Waals surface area contributed by atoms with E-state index in [2.05, 4.69) is 5.32 Å². The average Bonchev–Trinajstić information content (AvgIpc) is 2.66. The number of allylic oxidation sites excluding steroid dienone is 1. The number of aliphatic hydroxyl groups excluding tert-OH is 1. The summed E-state index contributed by atoms with van der Waals surface area (Å²) in [6, 6.07) is 6.19. The van der Waals surface area contributed by atoms with Crippen LogP contribution in [0.5, 0.6) is 0 Å². The monoisotopic (exact) mass is 367 g/mol. The Kier molecular flexibility index (Phi) is 8.53. The number of hydrogen-bond acceptors (Lipinski definition) is 5. The summed E-state index contributed by atoms with van der Waals surface area (Å²) >= 11 is 0. The topological polar surface area (TPSA) is 77.0 Å². The number of benzene rings is 1. The minimum Gasteiger partial charge on any atom is -0.459 e. The summed E-state index contributed by atoms with van der Waals surface area (Å²) in [6.45, 7) is 1.32. The van der Waals surface area contributed by atoms with Crippen LogP contribution in [-0.2, 0) is 19.0 Å². The van der Waals surface area contributed by atoms with E-state index in [1.54, 1.807) is 25.3 Å². The van der Waals surface area contributed by atoms with Crippen LogP contribution >= 0.6 is 0 Å². The molecule has 0 fully saturated rings. The predicted molar refractivity (Wildman–Crippen MR) is 93.9 cm³/mol. The van der Waals surface area contributed by atoms with Gasteiger partial charge in [0.25, 0.3) is 5.91 Å². The van der Waals surface area contributed by atoms with E-state index in [0.29, 0.717) is 39.0 Å². The molecule has 2 rings (SSSR count). The van der Waals surface area contributed by atoms with Gasteiger partial charge < -0.3 is 24.6 Å². The van der Waals surface area contributed by atoms with Crippen molar-refractivity contribution in [3.05, 3.63) is 47.5 Å². The normalized spacial score (nSPS) is 19.6. The van der Waals surface area contributed by atoms with Gasteiger partial charge in [-0.2, -0.15) is 0 Å². The second-order valence-electron chi connectivity index (χ2n) is 6.02. The maximum Gasteiger partial charge on any atom is 0.286 e. The summed E-state index contributed by atoms with van der Waals surface area (Å²) in [4.78, 5) is 12.3. The first-order valence-electron chi connectivity index (χ1n) is 8.77. The lowest BCUT2D eigenvalue weighted by atomic mass is 9.93. The molecular weight excluding hydrogens is 341 g/mol. The highest BCUT2D eigenvalue weighted by atomic mass is 19.1. The van der Waals surface area contributed by atoms with Crippen molar-refractivity contribution in [2.24, 2.45) is 0 Å². The fourth-order valence-electron chi connectivity index (χ4n) is 2.64. The minimum absolute atomic E-state index is 0.111. The summed E-state index contributed by atoms with van der Waals surface area (Å²) in [5.74, 6) is -0.568. The Morgan fingerprint density at radius 2 is 2.08 bits per heavy atom. The molecule has 1 aromatic carbocycles. The summed E-state index contributed by atoms with van der Waals surface area (Å²) in [5.41, 5.74) is 0.890. The Balaban J connectivity index is 2.06. The van der Waals surface area contributed by atoms with Crippen LogP contribution in [0.4, 0.5) is 4.39 Å². The SMILES string of the molecule is COCCNC(=O)C1=C[C@@H](c2ccc(F)cc2)C[C@@H](OCCCCO)O1. The molecule has 1 amide bonds. The number of ether oxygens (including phenoxy) is 3. The molecule has 7 heteroatoms. The van der Waals surface area contributed by atoms with Gasteiger partial charge in [-0.15, -0.1) is 0 Å². The second kappa shape index (κ2) is 10.9. The lowest BCUT2D eigenvalue weighted by Gasteiger charge is -2.29. The first-order chi connectivity index (χ1) is 12.6. The molecule has 1 aromatic rings. The molecule has 0 bridgehead atoms. The van der Waals surface area contributed by atoms with Gasteiger partial charge in [0, 0.05) is 32.6 Å². The molecule has 1 heterocycles. The van der Waals surface area contributed by atoms with Crippen LogP contribution in [0.1, 0.15) is 30.7 Å². The van der Waals surface area contributed by atoms with Crippen LogP contribution in [0.2, 0.25) is 0 Å². The number of nitrogens with one attached hydrogen (secondary N) is 1. The van der Waals surface area contributed by atoms with Crippen molar-refractivity contribution in [3.63, 3.8) is 0 Å². The number of amides is 1. The van der Waals surface area contributed by atoms with Gasteiger partial charge in [-0.25, -0.2) is 4.39 Å². The van der Waals surface area contributed by atoms with E-state index in [1.807, 2.05) is 0 Å². The molecule has 1 aliphatic heterocycles. The van der Waals surface area contributed by atoms with Crippen molar-refractivity contribution in [1.82, 2.24) is 5.32 Å². The Hall–Kier alpha value is -1.96. The van der Waals surface area contributed by atoms with Gasteiger partial charge in [-0.3, -0.25) is 4.79 Å². The molecular formula is C19H26FNO5. The predicted octanol–water partition coefficient (Wildman–Crippen LogP) is 2.09. The number of rotatable bonds is 10. The first-order valence-corrected chi connectivity index (χ1v) is 8.77. The standard InChI is InChI=1S/C19H26FNO5/c1-24-11-8-21-19(23)17-12-15(14-4-6-16(20)7-5-14)13-18(26-17)25-10-3-2-9-22/h4-7,12,15,18,22H,2-3,8-11,13H2,1H3,(H,21,23)/t15-,18+/m1/s1. The average molecular weight is 367 g/mol. The number of halogens is 1. The highest BCUT2D eigenvalue weighted by molar-refractivity contribution is 5.91. The highest BCUT2D eigenvalue weighted by Crippen LogP contribution is 2.31. The number of hydrogen-bond donors (Lipinski definition) is 2. The molecule has 144 valence electrons. The zero-order valence-corrected chi connectivity index (χ0v) is 14.9. The van der Waals surface area contributed by atoms with Gasteiger partial charge in [-0.05, 0) is 36.6 Å². The Morgan fingerprint density at radius 1 is 1.31 bits per heavy atom. The summed E-state index contributed by atoms with van der Waals surface area (Å²) < 4.78 is 29.5. The molecule has 0 saturated heterocycles. The first kappa shape index (κ1) is 20.4. The van der Waals surface area contributed by atoms with Crippen molar-refractivity contribution in [1.29, 1.82) is 0 Å². The van der Waals surface area contributed by atoms with E-state index in [1.165, 1.54) is 12.1 Å². The van der Waals surface area contributed by atoms with Crippen LogP contribution in [0.3, 0.4) is 0 Å². The van der Waals surface area contributed by atoms with Crippen LogP contribution < -0.4 is 5.32 Å². The van der Waals surface area contributed by atoms with E-state index in [0.717, 1.165) is 5.56 Å². The number of carbonyl (C=O) groups is 1. The largest absolute Gasteiger partial charge is 0.459 e. The molecule has 26 heavy (non-hydrogen) atoms. The van der Waals surface area contributed by atoms with Crippen LogP contribution in [0.25, 0.3) is 0 Å². The molecule has 0 aliphatic carbocycles. The summed E-state index contributed by atoms with van der Waals surface area (Å²) in [6.07, 6.45) is 3.05. The molecule has 0 spiro atoms. The third-order valence-electron chi connectivity index (χ3n) is 4.03. The third kappa shape index (κ3) is 6.40. The number of methoxy groups -OCH3 is 1. The number of carbonyl (C=O) groups excluding carboxylic acids is 1. The fraction of sp³-hybridized carbons (Fsp3) is 0.526. The molecule has 0 aromatic heterocycles. The Labute approximate surface area is 152 Å². The molecule has 6 nitrogen and oxygen atoms in total. The summed E-state index contributed by atoms with van der Waals surface area (Å²) in [5, 5.41) is 11.6. The van der Waals surface area contributed by atoms with Crippen molar-refractivity contribution < 1.29 is 28.5 Å². The van der Waals surface area contributed by atoms with E-state index >= 15 is 0 Å². The summed E-state index contributed by atoms with van der Waals surface area (Å²) in [7, 11) is 1.56. The number of aliphatic hydroxyl groups is 1. The molecule has 0 saturated carbocycles. The van der Waals surface area contributed by atoms with Crippen LogP contribution in [0, 0.1) is 5.82 Å². The second-order valence-corrected chi connectivity index (χ2v) is 6.02. The van der Waals surface area contributed by atoms with Gasteiger partial charge in [0.15, 0.2) is 5.76 Å². The lowest BCUT2D eigenvalue weighted by molar-refractivity contribution is -0.146. The minimum atomic E-state index is -0.572. The Morgan fingerprint density at radius 3 is 2.77 bits per heavy atom. The molecule has 0 radical (unpaired) electrons. The van der Waals surface area contributed by atoms with Crippen molar-refractivity contribution in [3.8, 4) is 0 Å². The highest BCUT2D eigenvalue weighted by Gasteiger charge is 2.28.